The second kappa shape index (κ2) is 6.73. The maximum Gasteiger partial charge on any atom is 0.273 e. The number of aldehydes is 1. The van der Waals surface area contributed by atoms with E-state index in [0.717, 1.165) is 5.56 Å². The number of carbonyl (C=O) groups is 1. The van der Waals surface area contributed by atoms with E-state index in [4.69, 9.17) is 28.4 Å². The Labute approximate surface area is 144 Å². The molecule has 8 nitrogen and oxygen atoms in total. The molecule has 136 valence electrons. The van der Waals surface area contributed by atoms with Crippen LogP contribution in [0.1, 0.15) is 5.56 Å². The summed E-state index contributed by atoms with van der Waals surface area (Å²) in [6, 6.07) is 9.57. The van der Waals surface area contributed by atoms with Gasteiger partial charge in [-0.1, -0.05) is 30.3 Å². The second-order valence-corrected chi connectivity index (χ2v) is 6.31. The summed E-state index contributed by atoms with van der Waals surface area (Å²) < 4.78 is 33.3. The third-order valence-corrected chi connectivity index (χ3v) is 4.79. The zero-order valence-corrected chi connectivity index (χ0v) is 13.6. The molecule has 3 aliphatic heterocycles. The molecule has 5 rings (SSSR count). The molecule has 7 atom stereocenters. The Morgan fingerprint density at radius 2 is 1.80 bits per heavy atom. The molecule has 0 aromatic heterocycles. The third-order valence-electron chi connectivity index (χ3n) is 4.79. The monoisotopic (exact) mass is 352 g/mol. The fourth-order valence-electron chi connectivity index (χ4n) is 3.62. The third kappa shape index (κ3) is 2.80. The van der Waals surface area contributed by atoms with Crippen LogP contribution in [-0.2, 0) is 39.8 Å². The van der Waals surface area contributed by atoms with Crippen LogP contribution in [0.5, 0.6) is 0 Å². The standard InChI is InChI=1S/C17H20O8/c1-20-9-22-13-11-12(21-7-10-5-3-2-4-6-10)14-17(19,8-18)15(13)25-16(23-11)24-14/h2-6,8,11-16,19H,7,9H2,1H3/t11-,12-,13+,14+,15-,16+,17-/m0/s1. The first kappa shape index (κ1) is 17.0. The average molecular weight is 352 g/mol. The molecule has 1 aromatic carbocycles. The van der Waals surface area contributed by atoms with Gasteiger partial charge in [0.1, 0.15) is 37.3 Å². The van der Waals surface area contributed by atoms with E-state index in [1.807, 2.05) is 30.3 Å². The van der Waals surface area contributed by atoms with Gasteiger partial charge >= 0.3 is 0 Å². The van der Waals surface area contributed by atoms with E-state index < -0.39 is 42.6 Å². The number of hydrogen-bond acceptors (Lipinski definition) is 8. The van der Waals surface area contributed by atoms with Crippen LogP contribution in [-0.4, -0.2) is 67.9 Å². The second-order valence-electron chi connectivity index (χ2n) is 6.31. The Hall–Kier alpha value is -1.39. The molecule has 0 spiro atoms. The number of aliphatic hydroxyl groups is 1. The fourth-order valence-corrected chi connectivity index (χ4v) is 3.62. The summed E-state index contributed by atoms with van der Waals surface area (Å²) in [6.45, 7) is -0.687. The molecule has 0 unspecified atom stereocenters. The Bertz CT molecular complexity index is 610. The quantitative estimate of drug-likeness (QED) is 0.540. The molecule has 1 saturated carbocycles. The highest BCUT2D eigenvalue weighted by molar-refractivity contribution is 5.66. The Balaban J connectivity index is 1.58. The number of rotatable bonds is 7. The van der Waals surface area contributed by atoms with Gasteiger partial charge in [-0.25, -0.2) is 0 Å². The molecule has 25 heavy (non-hydrogen) atoms. The Morgan fingerprint density at radius 3 is 2.44 bits per heavy atom. The maximum atomic E-state index is 11.7. The molecule has 0 amide bonds. The van der Waals surface area contributed by atoms with Gasteiger partial charge in [0.2, 0.25) is 0 Å². The van der Waals surface area contributed by atoms with Crippen molar-refractivity contribution in [3.05, 3.63) is 35.9 Å². The molecule has 3 saturated heterocycles. The van der Waals surface area contributed by atoms with Crippen molar-refractivity contribution >= 4 is 6.29 Å². The van der Waals surface area contributed by atoms with Crippen LogP contribution in [0.2, 0.25) is 0 Å². The molecule has 1 aliphatic carbocycles. The lowest BCUT2D eigenvalue weighted by Crippen LogP contribution is -2.81. The summed E-state index contributed by atoms with van der Waals surface area (Å²) in [5, 5.41) is 10.9. The molecular weight excluding hydrogens is 332 g/mol. The first-order valence-electron chi connectivity index (χ1n) is 8.08. The highest BCUT2D eigenvalue weighted by Gasteiger charge is 2.69. The summed E-state index contributed by atoms with van der Waals surface area (Å²) in [7, 11) is 1.48. The number of methoxy groups -OCH3 is 1. The summed E-state index contributed by atoms with van der Waals surface area (Å²) in [5.74, 6) is 0. The van der Waals surface area contributed by atoms with Gasteiger partial charge in [-0.15, -0.1) is 0 Å². The van der Waals surface area contributed by atoms with Crippen LogP contribution >= 0.6 is 0 Å². The van der Waals surface area contributed by atoms with Crippen molar-refractivity contribution in [2.24, 2.45) is 0 Å². The summed E-state index contributed by atoms with van der Waals surface area (Å²) in [6.07, 6.45) is -3.30. The smallest absolute Gasteiger partial charge is 0.273 e. The van der Waals surface area contributed by atoms with Crippen molar-refractivity contribution in [3.8, 4) is 0 Å². The SMILES string of the molecule is COCO[C@@H]1[C@H]2O[C@@H]3O[C@H]([C@H]2OCc2ccccc2)[C@@](O)(C=O)[C@H]1O3. The van der Waals surface area contributed by atoms with E-state index in [1.165, 1.54) is 7.11 Å². The van der Waals surface area contributed by atoms with Crippen molar-refractivity contribution < 1.29 is 38.3 Å². The number of ether oxygens (including phenoxy) is 6. The van der Waals surface area contributed by atoms with Gasteiger partial charge in [-0.2, -0.15) is 0 Å². The van der Waals surface area contributed by atoms with Crippen LogP contribution in [0.4, 0.5) is 0 Å². The minimum atomic E-state index is -1.88. The molecule has 4 fully saturated rings. The van der Waals surface area contributed by atoms with Crippen LogP contribution in [0.25, 0.3) is 0 Å². The van der Waals surface area contributed by atoms with Gasteiger partial charge in [0.05, 0.1) is 6.61 Å². The average Bonchev–Trinajstić information content (AvgIpc) is 2.65. The molecule has 1 aromatic rings. The van der Waals surface area contributed by atoms with Gasteiger partial charge in [0, 0.05) is 7.11 Å². The molecule has 0 radical (unpaired) electrons. The lowest BCUT2D eigenvalue weighted by Gasteiger charge is -2.60. The van der Waals surface area contributed by atoms with Crippen LogP contribution in [0, 0.1) is 0 Å². The van der Waals surface area contributed by atoms with Crippen molar-refractivity contribution in [3.63, 3.8) is 0 Å². The first-order valence-corrected chi connectivity index (χ1v) is 8.08. The van der Waals surface area contributed by atoms with Gasteiger partial charge in [-0.3, -0.25) is 4.79 Å². The first-order chi connectivity index (χ1) is 12.2. The van der Waals surface area contributed by atoms with E-state index in [0.29, 0.717) is 6.29 Å². The fraction of sp³-hybridized carbons (Fsp3) is 0.588. The lowest BCUT2D eigenvalue weighted by atomic mass is 9.73. The molecule has 4 bridgehead atoms. The van der Waals surface area contributed by atoms with Crippen LogP contribution in [0.3, 0.4) is 0 Å². The van der Waals surface area contributed by atoms with Crippen molar-refractivity contribution in [2.75, 3.05) is 13.9 Å². The highest BCUT2D eigenvalue weighted by Crippen LogP contribution is 2.46. The molecular formula is C17H20O8. The summed E-state index contributed by atoms with van der Waals surface area (Å²) in [5.41, 5.74) is -0.923. The molecule has 3 heterocycles. The minimum Gasteiger partial charge on any atom is -0.377 e. The predicted octanol–water partition coefficient (Wildman–Crippen LogP) is -0.0291. The van der Waals surface area contributed by atoms with E-state index in [1.54, 1.807) is 0 Å². The minimum absolute atomic E-state index is 0.0269. The van der Waals surface area contributed by atoms with E-state index in [-0.39, 0.29) is 13.4 Å². The van der Waals surface area contributed by atoms with Gasteiger partial charge < -0.3 is 33.5 Å². The molecule has 4 aliphatic rings. The Kier molecular flexibility index (Phi) is 4.59. The van der Waals surface area contributed by atoms with Crippen molar-refractivity contribution in [1.82, 2.24) is 0 Å². The van der Waals surface area contributed by atoms with Crippen molar-refractivity contribution in [2.45, 2.75) is 49.2 Å². The topological polar surface area (TPSA) is 92.7 Å². The van der Waals surface area contributed by atoms with Gasteiger partial charge in [-0.05, 0) is 5.56 Å². The number of carbonyl (C=O) groups excluding carboxylic acids is 1. The van der Waals surface area contributed by atoms with Crippen molar-refractivity contribution in [1.29, 1.82) is 0 Å². The maximum absolute atomic E-state index is 11.7. The van der Waals surface area contributed by atoms with E-state index in [9.17, 15) is 9.90 Å². The molecule has 8 heteroatoms. The van der Waals surface area contributed by atoms with E-state index >= 15 is 0 Å². The lowest BCUT2D eigenvalue weighted by molar-refractivity contribution is -0.498. The van der Waals surface area contributed by atoms with Crippen LogP contribution in [0.15, 0.2) is 30.3 Å². The van der Waals surface area contributed by atoms with Gasteiger partial charge in [0.25, 0.3) is 6.48 Å². The largest absolute Gasteiger partial charge is 0.377 e. The highest BCUT2D eigenvalue weighted by atomic mass is 16.9. The predicted molar refractivity (Wildman–Crippen MR) is 81.2 cm³/mol. The Morgan fingerprint density at radius 1 is 1.12 bits per heavy atom. The summed E-state index contributed by atoms with van der Waals surface area (Å²) >= 11 is 0. The zero-order valence-electron chi connectivity index (χ0n) is 13.6. The number of hydrogen-bond donors (Lipinski definition) is 1. The van der Waals surface area contributed by atoms with Gasteiger partial charge in [0.15, 0.2) is 11.9 Å². The zero-order chi connectivity index (χ0) is 17.4. The normalized spacial score (nSPS) is 41.8. The summed E-state index contributed by atoms with van der Waals surface area (Å²) in [4.78, 5) is 11.7. The molecule has 1 N–H and O–H groups in total. The van der Waals surface area contributed by atoms with E-state index in [2.05, 4.69) is 0 Å². The van der Waals surface area contributed by atoms with Crippen LogP contribution < -0.4 is 0 Å². The number of benzene rings is 1.